The predicted octanol–water partition coefficient (Wildman–Crippen LogP) is 3.49. The molecule has 0 amide bonds. The van der Waals surface area contributed by atoms with E-state index in [4.69, 9.17) is 11.6 Å². The van der Waals surface area contributed by atoms with Gasteiger partial charge >= 0.3 is 0 Å². The van der Waals surface area contributed by atoms with Gasteiger partial charge in [-0.25, -0.2) is 4.98 Å². The van der Waals surface area contributed by atoms with Crippen LogP contribution in [0.15, 0.2) is 23.7 Å². The molecule has 0 aliphatic heterocycles. The van der Waals surface area contributed by atoms with E-state index in [2.05, 4.69) is 16.9 Å². The Hall–Kier alpha value is -1.10. The average Bonchev–Trinajstić information content (AvgIpc) is 2.76. The molecule has 2 rings (SSSR count). The summed E-state index contributed by atoms with van der Waals surface area (Å²) in [6.45, 7) is 3.78. The molecule has 3 nitrogen and oxygen atoms in total. The van der Waals surface area contributed by atoms with Gasteiger partial charge in [-0.15, -0.1) is 11.3 Å². The minimum atomic E-state index is 0.205. The third-order valence-electron chi connectivity index (χ3n) is 3.04. The Labute approximate surface area is 122 Å². The maximum absolute atomic E-state index is 9.33. The number of hydrogen-bond acceptors (Lipinski definition) is 4. The first-order valence-corrected chi connectivity index (χ1v) is 7.37. The summed E-state index contributed by atoms with van der Waals surface area (Å²) in [6, 6.07) is 5.12. The summed E-state index contributed by atoms with van der Waals surface area (Å²) in [5.41, 5.74) is 4.05. The zero-order valence-electron chi connectivity index (χ0n) is 11.1. The molecule has 0 radical (unpaired) electrons. The fraction of sp³-hybridized carbons (Fsp3) is 0.357. The largest absolute Gasteiger partial charge is 0.508 e. The lowest BCUT2D eigenvalue weighted by Crippen LogP contribution is -2.20. The molecular weight excluding hydrogens is 280 g/mol. The van der Waals surface area contributed by atoms with Gasteiger partial charge in [0.2, 0.25) is 0 Å². The molecule has 1 N–H and O–H groups in total. The summed E-state index contributed by atoms with van der Waals surface area (Å²) < 4.78 is 0. The van der Waals surface area contributed by atoms with Gasteiger partial charge in [0.05, 0.1) is 11.2 Å². The molecule has 102 valence electrons. The highest BCUT2D eigenvalue weighted by Crippen LogP contribution is 2.22. The number of phenolic OH excluding ortho intramolecular Hbond substituents is 1. The van der Waals surface area contributed by atoms with Crippen LogP contribution < -0.4 is 0 Å². The molecule has 0 fully saturated rings. The Morgan fingerprint density at radius 2 is 2.21 bits per heavy atom. The van der Waals surface area contributed by atoms with E-state index >= 15 is 0 Å². The van der Waals surface area contributed by atoms with Crippen LogP contribution in [0.2, 0.25) is 5.02 Å². The van der Waals surface area contributed by atoms with E-state index in [0.29, 0.717) is 5.02 Å². The lowest BCUT2D eigenvalue weighted by molar-refractivity contribution is 0.331. The van der Waals surface area contributed by atoms with Gasteiger partial charge in [0.1, 0.15) is 5.75 Å². The monoisotopic (exact) mass is 296 g/mol. The number of aromatic nitrogens is 1. The van der Waals surface area contributed by atoms with Crippen LogP contribution in [0.4, 0.5) is 0 Å². The lowest BCUT2D eigenvalue weighted by Gasteiger charge is -2.17. The van der Waals surface area contributed by atoms with E-state index in [9.17, 15) is 5.11 Å². The summed E-state index contributed by atoms with van der Waals surface area (Å²) >= 11 is 7.81. The molecule has 1 aromatic carbocycles. The number of hydrogen-bond donors (Lipinski definition) is 1. The van der Waals surface area contributed by atoms with E-state index in [0.717, 1.165) is 30.8 Å². The molecule has 1 heterocycles. The second-order valence-corrected chi connectivity index (χ2v) is 5.97. The highest BCUT2D eigenvalue weighted by Gasteiger charge is 2.07. The summed E-state index contributed by atoms with van der Waals surface area (Å²) in [4.78, 5) is 7.81. The number of phenols is 1. The minimum Gasteiger partial charge on any atom is -0.508 e. The molecular formula is C14H17ClN2OS. The van der Waals surface area contributed by atoms with Gasteiger partial charge in [0.15, 0.2) is 0 Å². The number of thiazole rings is 1. The van der Waals surface area contributed by atoms with Crippen molar-refractivity contribution in [2.45, 2.75) is 19.9 Å². The number of likely N-dealkylation sites (N-methyl/N-ethyl adjacent to an activating group) is 1. The van der Waals surface area contributed by atoms with Crippen LogP contribution in [0.5, 0.6) is 5.75 Å². The smallest absolute Gasteiger partial charge is 0.117 e. The van der Waals surface area contributed by atoms with Gasteiger partial charge in [0, 0.05) is 23.0 Å². The van der Waals surface area contributed by atoms with E-state index in [-0.39, 0.29) is 5.75 Å². The molecule has 0 atom stereocenters. The second kappa shape index (κ2) is 6.37. The lowest BCUT2D eigenvalue weighted by atomic mass is 10.2. The number of halogens is 1. The highest BCUT2D eigenvalue weighted by atomic mass is 35.5. The van der Waals surface area contributed by atoms with Gasteiger partial charge in [-0.05, 0) is 38.1 Å². The van der Waals surface area contributed by atoms with Crippen molar-refractivity contribution in [2.75, 3.05) is 13.6 Å². The zero-order valence-corrected chi connectivity index (χ0v) is 12.6. The van der Waals surface area contributed by atoms with E-state index in [1.165, 1.54) is 4.88 Å². The van der Waals surface area contributed by atoms with Crippen LogP contribution in [0.1, 0.15) is 16.1 Å². The topological polar surface area (TPSA) is 36.4 Å². The van der Waals surface area contributed by atoms with Crippen LogP contribution in [-0.2, 0) is 13.0 Å². The summed E-state index contributed by atoms with van der Waals surface area (Å²) in [7, 11) is 2.07. The molecule has 2 aromatic rings. The highest BCUT2D eigenvalue weighted by molar-refractivity contribution is 7.09. The Kier molecular flexibility index (Phi) is 4.80. The molecule has 5 heteroatoms. The summed E-state index contributed by atoms with van der Waals surface area (Å²) in [5, 5.41) is 9.94. The molecule has 0 aliphatic carbocycles. The molecule has 0 saturated carbocycles. The average molecular weight is 297 g/mol. The van der Waals surface area contributed by atoms with Gasteiger partial charge < -0.3 is 10.0 Å². The van der Waals surface area contributed by atoms with Crippen molar-refractivity contribution in [3.05, 3.63) is 44.9 Å². The normalized spacial score (nSPS) is 11.2. The third-order valence-corrected chi connectivity index (χ3v) is 4.39. The number of benzene rings is 1. The van der Waals surface area contributed by atoms with E-state index in [1.807, 2.05) is 18.5 Å². The molecule has 0 aliphatic rings. The fourth-order valence-electron chi connectivity index (χ4n) is 1.89. The van der Waals surface area contributed by atoms with Crippen LogP contribution in [0.3, 0.4) is 0 Å². The molecule has 0 unspecified atom stereocenters. The number of rotatable bonds is 5. The van der Waals surface area contributed by atoms with Crippen molar-refractivity contribution in [3.8, 4) is 5.75 Å². The van der Waals surface area contributed by atoms with Crippen LogP contribution >= 0.6 is 22.9 Å². The Morgan fingerprint density at radius 3 is 2.84 bits per heavy atom. The number of aryl methyl sites for hydroxylation is 1. The van der Waals surface area contributed by atoms with Crippen molar-refractivity contribution in [1.29, 1.82) is 0 Å². The standard InChI is InChI=1S/C14H17ClN2OS/c1-10-14(19-9-16-10)5-6-17(2)8-11-3-4-12(18)7-13(11)15/h3-4,7,9,18H,5-6,8H2,1-2H3. The van der Waals surface area contributed by atoms with E-state index < -0.39 is 0 Å². The van der Waals surface area contributed by atoms with Crippen molar-refractivity contribution in [1.82, 2.24) is 9.88 Å². The molecule has 0 saturated heterocycles. The van der Waals surface area contributed by atoms with Crippen molar-refractivity contribution >= 4 is 22.9 Å². The van der Waals surface area contributed by atoms with E-state index in [1.54, 1.807) is 23.5 Å². The predicted molar refractivity (Wildman–Crippen MR) is 80.0 cm³/mol. The van der Waals surface area contributed by atoms with Crippen LogP contribution in [0.25, 0.3) is 0 Å². The van der Waals surface area contributed by atoms with Gasteiger partial charge in [-0.2, -0.15) is 0 Å². The fourth-order valence-corrected chi connectivity index (χ4v) is 2.90. The number of aromatic hydroxyl groups is 1. The van der Waals surface area contributed by atoms with Crippen molar-refractivity contribution in [3.63, 3.8) is 0 Å². The number of nitrogens with zero attached hydrogens (tertiary/aromatic N) is 2. The third kappa shape index (κ3) is 3.93. The maximum atomic E-state index is 9.33. The van der Waals surface area contributed by atoms with Crippen LogP contribution in [0, 0.1) is 6.92 Å². The van der Waals surface area contributed by atoms with Crippen LogP contribution in [-0.4, -0.2) is 28.6 Å². The quantitative estimate of drug-likeness (QED) is 0.917. The molecule has 1 aromatic heterocycles. The molecule has 0 spiro atoms. The first-order valence-electron chi connectivity index (χ1n) is 6.11. The minimum absolute atomic E-state index is 0.205. The molecule has 0 bridgehead atoms. The first kappa shape index (κ1) is 14.3. The van der Waals surface area contributed by atoms with Crippen molar-refractivity contribution in [2.24, 2.45) is 0 Å². The van der Waals surface area contributed by atoms with Gasteiger partial charge in [-0.1, -0.05) is 17.7 Å². The molecule has 19 heavy (non-hydrogen) atoms. The summed E-state index contributed by atoms with van der Waals surface area (Å²) in [5.74, 6) is 0.205. The Bertz CT molecular complexity index is 556. The van der Waals surface area contributed by atoms with Crippen molar-refractivity contribution < 1.29 is 5.11 Å². The first-order chi connectivity index (χ1) is 9.06. The second-order valence-electron chi connectivity index (χ2n) is 4.62. The SMILES string of the molecule is Cc1ncsc1CCN(C)Cc1ccc(O)cc1Cl. The summed E-state index contributed by atoms with van der Waals surface area (Å²) in [6.07, 6.45) is 1.00. The Balaban J connectivity index is 1.90. The van der Waals surface area contributed by atoms with Gasteiger partial charge in [0.25, 0.3) is 0 Å². The Morgan fingerprint density at radius 1 is 1.42 bits per heavy atom. The maximum Gasteiger partial charge on any atom is 0.117 e. The van der Waals surface area contributed by atoms with Gasteiger partial charge in [-0.3, -0.25) is 0 Å². The zero-order chi connectivity index (χ0) is 13.8.